The second kappa shape index (κ2) is 5.37. The third-order valence-corrected chi connectivity index (χ3v) is 2.14. The third-order valence-electron chi connectivity index (χ3n) is 2.14. The summed E-state index contributed by atoms with van der Waals surface area (Å²) < 4.78 is 1.50. The van der Waals surface area contributed by atoms with Crippen LogP contribution in [0.3, 0.4) is 0 Å². The van der Waals surface area contributed by atoms with Gasteiger partial charge in [-0.2, -0.15) is 10.4 Å². The largest absolute Gasteiger partial charge is 0.382 e. The highest BCUT2D eigenvalue weighted by atomic mass is 15.5. The number of rotatable bonds is 4. The molecule has 0 unspecified atom stereocenters. The van der Waals surface area contributed by atoms with Crippen LogP contribution in [0.25, 0.3) is 5.69 Å². The molecule has 0 aliphatic rings. The summed E-state index contributed by atoms with van der Waals surface area (Å²) in [5.41, 5.74) is 9.05. The number of hydrogen-bond acceptors (Lipinski definition) is 7. The average Bonchev–Trinajstić information content (AvgIpc) is 2.94. The van der Waals surface area contributed by atoms with Gasteiger partial charge in [-0.15, -0.1) is 5.10 Å². The first-order valence-electron chi connectivity index (χ1n) is 5.12. The van der Waals surface area contributed by atoms with Crippen LogP contribution in [0, 0.1) is 16.7 Å². The first kappa shape index (κ1) is 12.2. The average molecular weight is 255 g/mol. The standard InChI is InChI=1S/C10H9N9/c11-5-9(10(12)13)16-15-7-1-3-8(4-2-7)19-6-14-17-18-19/h1-4,6,15H,(H3,12,13)/b16-9+. The molecule has 0 radical (unpaired) electrons. The van der Waals surface area contributed by atoms with Crippen molar-refractivity contribution in [2.45, 2.75) is 0 Å². The van der Waals surface area contributed by atoms with Gasteiger partial charge < -0.3 is 5.73 Å². The lowest BCUT2D eigenvalue weighted by Gasteiger charge is -2.03. The number of aromatic nitrogens is 4. The van der Waals surface area contributed by atoms with Gasteiger partial charge in [0.05, 0.1) is 11.4 Å². The lowest BCUT2D eigenvalue weighted by Crippen LogP contribution is -2.21. The van der Waals surface area contributed by atoms with Crippen molar-refractivity contribution in [3.05, 3.63) is 30.6 Å². The summed E-state index contributed by atoms with van der Waals surface area (Å²) in [7, 11) is 0. The summed E-state index contributed by atoms with van der Waals surface area (Å²) in [5.74, 6) is -0.389. The van der Waals surface area contributed by atoms with Gasteiger partial charge in [-0.25, -0.2) is 4.68 Å². The van der Waals surface area contributed by atoms with Crippen LogP contribution < -0.4 is 11.2 Å². The Kier molecular flexibility index (Phi) is 3.44. The normalized spacial score (nSPS) is 10.8. The van der Waals surface area contributed by atoms with Gasteiger partial charge in [-0.1, -0.05) is 0 Å². The molecule has 2 rings (SSSR count). The number of benzene rings is 1. The van der Waals surface area contributed by atoms with E-state index in [2.05, 4.69) is 26.1 Å². The molecule has 1 aromatic carbocycles. The Hall–Kier alpha value is -3.28. The van der Waals surface area contributed by atoms with Gasteiger partial charge >= 0.3 is 0 Å². The molecule has 0 atom stereocenters. The summed E-state index contributed by atoms with van der Waals surface area (Å²) in [6, 6.07) is 8.72. The van der Waals surface area contributed by atoms with Crippen LogP contribution in [-0.2, 0) is 0 Å². The molecule has 1 heterocycles. The maximum Gasteiger partial charge on any atom is 0.201 e. The molecular formula is C10H9N9. The lowest BCUT2D eigenvalue weighted by molar-refractivity contribution is 0.789. The Balaban J connectivity index is 2.12. The van der Waals surface area contributed by atoms with E-state index in [1.807, 2.05) is 0 Å². The number of tetrazole rings is 1. The number of nitrogens with two attached hydrogens (primary N) is 1. The number of nitrogens with zero attached hydrogens (tertiary/aromatic N) is 6. The fraction of sp³-hybridized carbons (Fsp3) is 0. The predicted molar refractivity (Wildman–Crippen MR) is 67.7 cm³/mol. The van der Waals surface area contributed by atoms with Crippen LogP contribution in [0.2, 0.25) is 0 Å². The molecule has 0 bridgehead atoms. The number of nitriles is 1. The molecule has 0 spiro atoms. The van der Waals surface area contributed by atoms with E-state index in [1.54, 1.807) is 30.3 Å². The van der Waals surface area contributed by atoms with Gasteiger partial charge in [-0.3, -0.25) is 10.8 Å². The second-order valence-corrected chi connectivity index (χ2v) is 3.40. The van der Waals surface area contributed by atoms with E-state index in [0.29, 0.717) is 5.69 Å². The van der Waals surface area contributed by atoms with Crippen molar-refractivity contribution in [3.63, 3.8) is 0 Å². The molecule has 19 heavy (non-hydrogen) atoms. The topological polar surface area (TPSA) is 142 Å². The molecule has 0 saturated heterocycles. The van der Waals surface area contributed by atoms with Crippen molar-refractivity contribution in [1.82, 2.24) is 20.2 Å². The van der Waals surface area contributed by atoms with Crippen LogP contribution in [0.5, 0.6) is 0 Å². The van der Waals surface area contributed by atoms with Crippen molar-refractivity contribution in [2.75, 3.05) is 5.43 Å². The minimum absolute atomic E-state index is 0.176. The molecule has 2 aromatic rings. The molecular weight excluding hydrogens is 246 g/mol. The van der Waals surface area contributed by atoms with Gasteiger partial charge in [0.25, 0.3) is 0 Å². The Morgan fingerprint density at radius 2 is 2.16 bits per heavy atom. The summed E-state index contributed by atoms with van der Waals surface area (Å²) in [4.78, 5) is 0. The van der Waals surface area contributed by atoms with Crippen LogP contribution in [-0.4, -0.2) is 31.8 Å². The minimum Gasteiger partial charge on any atom is -0.382 e. The number of hydrogen-bond donors (Lipinski definition) is 3. The highest BCUT2D eigenvalue weighted by Crippen LogP contribution is 2.11. The molecule has 0 saturated carbocycles. The third kappa shape index (κ3) is 2.89. The molecule has 4 N–H and O–H groups in total. The number of hydrazone groups is 1. The van der Waals surface area contributed by atoms with Gasteiger partial charge in [0.15, 0.2) is 5.84 Å². The highest BCUT2D eigenvalue weighted by Gasteiger charge is 2.01. The molecule has 0 amide bonds. The zero-order valence-corrected chi connectivity index (χ0v) is 9.65. The fourth-order valence-corrected chi connectivity index (χ4v) is 1.23. The minimum atomic E-state index is -0.389. The molecule has 1 aromatic heterocycles. The monoisotopic (exact) mass is 255 g/mol. The zero-order valence-electron chi connectivity index (χ0n) is 9.65. The first-order chi connectivity index (χ1) is 9.20. The van der Waals surface area contributed by atoms with E-state index in [9.17, 15) is 0 Å². The van der Waals surface area contributed by atoms with Crippen LogP contribution >= 0.6 is 0 Å². The highest BCUT2D eigenvalue weighted by molar-refractivity contribution is 6.45. The fourth-order valence-electron chi connectivity index (χ4n) is 1.23. The van der Waals surface area contributed by atoms with Crippen molar-refractivity contribution in [1.29, 1.82) is 10.7 Å². The predicted octanol–water partition coefficient (Wildman–Crippen LogP) is -0.110. The summed E-state index contributed by atoms with van der Waals surface area (Å²) in [6.07, 6.45) is 1.48. The van der Waals surface area contributed by atoms with E-state index in [-0.39, 0.29) is 11.5 Å². The van der Waals surface area contributed by atoms with E-state index in [1.165, 1.54) is 11.0 Å². The van der Waals surface area contributed by atoms with Crippen LogP contribution in [0.4, 0.5) is 5.69 Å². The van der Waals surface area contributed by atoms with Gasteiger partial charge in [0, 0.05) is 0 Å². The van der Waals surface area contributed by atoms with E-state index in [4.69, 9.17) is 16.4 Å². The summed E-state index contributed by atoms with van der Waals surface area (Å²) >= 11 is 0. The van der Waals surface area contributed by atoms with Crippen molar-refractivity contribution in [2.24, 2.45) is 10.8 Å². The van der Waals surface area contributed by atoms with Gasteiger partial charge in [0.1, 0.15) is 12.4 Å². The number of nitrogens with one attached hydrogen (secondary N) is 2. The molecule has 0 aliphatic carbocycles. The Morgan fingerprint density at radius 1 is 1.42 bits per heavy atom. The van der Waals surface area contributed by atoms with E-state index in [0.717, 1.165) is 5.69 Å². The molecule has 9 nitrogen and oxygen atoms in total. The first-order valence-corrected chi connectivity index (χ1v) is 5.12. The van der Waals surface area contributed by atoms with E-state index >= 15 is 0 Å². The molecule has 0 fully saturated rings. The molecule has 9 heteroatoms. The Morgan fingerprint density at radius 3 is 2.68 bits per heavy atom. The van der Waals surface area contributed by atoms with Gasteiger partial charge in [0.2, 0.25) is 5.71 Å². The maximum absolute atomic E-state index is 8.68. The zero-order chi connectivity index (χ0) is 13.7. The summed E-state index contributed by atoms with van der Waals surface area (Å²) in [5, 5.41) is 30.3. The van der Waals surface area contributed by atoms with Crippen molar-refractivity contribution in [3.8, 4) is 11.8 Å². The molecule has 0 aliphatic heterocycles. The number of anilines is 1. The van der Waals surface area contributed by atoms with Crippen molar-refractivity contribution >= 4 is 17.2 Å². The lowest BCUT2D eigenvalue weighted by atomic mass is 10.3. The quantitative estimate of drug-likeness (QED) is 0.395. The number of amidine groups is 1. The summed E-state index contributed by atoms with van der Waals surface area (Å²) in [6.45, 7) is 0. The molecule has 94 valence electrons. The van der Waals surface area contributed by atoms with Crippen LogP contribution in [0.1, 0.15) is 0 Å². The SMILES string of the molecule is N#C/C(=N\Nc1ccc(-n2cnnn2)cc1)C(=N)N. The second-order valence-electron chi connectivity index (χ2n) is 3.40. The Bertz CT molecular complexity index is 633. The van der Waals surface area contributed by atoms with Gasteiger partial charge in [-0.05, 0) is 34.7 Å². The van der Waals surface area contributed by atoms with Crippen molar-refractivity contribution < 1.29 is 0 Å². The van der Waals surface area contributed by atoms with E-state index < -0.39 is 0 Å². The Labute approximate surface area is 107 Å². The smallest absolute Gasteiger partial charge is 0.201 e. The van der Waals surface area contributed by atoms with Crippen LogP contribution in [0.15, 0.2) is 35.7 Å². The maximum atomic E-state index is 8.68.